The van der Waals surface area contributed by atoms with E-state index in [0.29, 0.717) is 18.6 Å². The molecule has 6 nitrogen and oxygen atoms in total. The second-order valence-electron chi connectivity index (χ2n) is 6.83. The van der Waals surface area contributed by atoms with Gasteiger partial charge in [0.25, 0.3) is 0 Å². The molecule has 1 aliphatic rings. The number of aliphatic hydroxyl groups excluding tert-OH is 1. The zero-order valence-corrected chi connectivity index (χ0v) is 19.0. The number of hydrogen-bond acceptors (Lipinski definition) is 4. The molecule has 0 aliphatic heterocycles. The first-order chi connectivity index (χ1) is 12.1. The van der Waals surface area contributed by atoms with Gasteiger partial charge in [-0.3, -0.25) is 9.79 Å². The van der Waals surface area contributed by atoms with Crippen LogP contribution < -0.4 is 10.6 Å². The third-order valence-corrected chi connectivity index (χ3v) is 4.77. The maximum absolute atomic E-state index is 11.8. The molecule has 0 aromatic rings. The summed E-state index contributed by atoms with van der Waals surface area (Å²) >= 11 is 0. The van der Waals surface area contributed by atoms with Gasteiger partial charge in [0, 0.05) is 25.7 Å². The molecule has 0 aromatic heterocycles. The number of halogens is 1. The van der Waals surface area contributed by atoms with E-state index < -0.39 is 0 Å². The molecule has 0 aromatic carbocycles. The molecule has 0 saturated heterocycles. The van der Waals surface area contributed by atoms with Gasteiger partial charge in [-0.25, -0.2) is 0 Å². The fraction of sp³-hybridized carbons (Fsp3) is 0.895. The minimum absolute atomic E-state index is 0. The molecule has 3 N–H and O–H groups in total. The number of aliphatic imine (C=N–C) groups is 1. The van der Waals surface area contributed by atoms with E-state index in [4.69, 9.17) is 9.73 Å². The van der Waals surface area contributed by atoms with Crippen molar-refractivity contribution >= 4 is 35.9 Å². The number of esters is 1. The number of guanidine groups is 1. The summed E-state index contributed by atoms with van der Waals surface area (Å²) in [5.41, 5.74) is 0. The van der Waals surface area contributed by atoms with Crippen LogP contribution in [-0.2, 0) is 9.53 Å². The summed E-state index contributed by atoms with van der Waals surface area (Å²) in [6.07, 6.45) is 6.68. The molecular formula is C19H38IN3O3. The van der Waals surface area contributed by atoms with Gasteiger partial charge in [0.15, 0.2) is 5.96 Å². The number of ether oxygens (including phenoxy) is 1. The van der Waals surface area contributed by atoms with Gasteiger partial charge in [-0.05, 0) is 58.3 Å². The van der Waals surface area contributed by atoms with Crippen molar-refractivity contribution in [3.05, 3.63) is 0 Å². The number of hydrogen-bond donors (Lipinski definition) is 3. The van der Waals surface area contributed by atoms with Gasteiger partial charge in [-0.2, -0.15) is 0 Å². The van der Waals surface area contributed by atoms with Gasteiger partial charge in [0.2, 0.25) is 0 Å². The lowest BCUT2D eigenvalue weighted by Crippen LogP contribution is -2.45. The molecule has 1 atom stereocenters. The predicted molar refractivity (Wildman–Crippen MR) is 117 cm³/mol. The van der Waals surface area contributed by atoms with Crippen LogP contribution >= 0.6 is 24.0 Å². The lowest BCUT2D eigenvalue weighted by atomic mass is 9.86. The zero-order chi connectivity index (χ0) is 18.5. The topological polar surface area (TPSA) is 83.0 Å². The highest BCUT2D eigenvalue weighted by Crippen LogP contribution is 2.25. The standard InChI is InChI=1S/C19H37N3O3.HI/c1-4-7-15(12-13-23)14-21-19(20-5-2)22-17-10-8-16(9-11-17)18(24)25-6-3;/h15-17,23H,4-14H2,1-3H3,(H2,20,21,22);1H. The summed E-state index contributed by atoms with van der Waals surface area (Å²) in [4.78, 5) is 16.6. The van der Waals surface area contributed by atoms with E-state index in [9.17, 15) is 9.90 Å². The Hall–Kier alpha value is -0.570. The molecule has 0 amide bonds. The molecule has 7 heteroatoms. The summed E-state index contributed by atoms with van der Waals surface area (Å²) in [7, 11) is 0. The number of rotatable bonds is 10. The monoisotopic (exact) mass is 483 g/mol. The molecule has 1 aliphatic carbocycles. The first-order valence-electron chi connectivity index (χ1n) is 9.96. The van der Waals surface area contributed by atoms with Gasteiger partial charge < -0.3 is 20.5 Å². The van der Waals surface area contributed by atoms with Gasteiger partial charge in [0.05, 0.1) is 12.5 Å². The number of carbonyl (C=O) groups is 1. The lowest BCUT2D eigenvalue weighted by Gasteiger charge is -2.29. The third kappa shape index (κ3) is 9.94. The molecule has 0 heterocycles. The highest BCUT2D eigenvalue weighted by Gasteiger charge is 2.27. The molecule has 0 spiro atoms. The lowest BCUT2D eigenvalue weighted by molar-refractivity contribution is -0.149. The Kier molecular flexibility index (Phi) is 15.1. The van der Waals surface area contributed by atoms with Crippen molar-refractivity contribution in [3.8, 4) is 0 Å². The van der Waals surface area contributed by atoms with Crippen molar-refractivity contribution < 1.29 is 14.6 Å². The normalized spacial score (nSPS) is 21.5. The number of aliphatic hydroxyl groups is 1. The average molecular weight is 483 g/mol. The van der Waals surface area contributed by atoms with Crippen molar-refractivity contribution in [2.24, 2.45) is 16.8 Å². The van der Waals surface area contributed by atoms with Crippen molar-refractivity contribution in [3.63, 3.8) is 0 Å². The Morgan fingerprint density at radius 3 is 2.42 bits per heavy atom. The Labute approximate surface area is 176 Å². The minimum atomic E-state index is -0.0482. The van der Waals surface area contributed by atoms with Crippen LogP contribution in [0.3, 0.4) is 0 Å². The fourth-order valence-corrected chi connectivity index (χ4v) is 3.39. The van der Waals surface area contributed by atoms with Crippen LogP contribution in [0, 0.1) is 11.8 Å². The minimum Gasteiger partial charge on any atom is -0.466 e. The molecule has 1 unspecified atom stereocenters. The molecule has 1 rings (SSSR count). The summed E-state index contributed by atoms with van der Waals surface area (Å²) in [6, 6.07) is 0.353. The Morgan fingerprint density at radius 1 is 1.19 bits per heavy atom. The fourth-order valence-electron chi connectivity index (χ4n) is 3.39. The summed E-state index contributed by atoms with van der Waals surface area (Å²) in [6.45, 7) is 8.33. The molecule has 1 fully saturated rings. The van der Waals surface area contributed by atoms with Crippen LogP contribution in [0.15, 0.2) is 4.99 Å². The van der Waals surface area contributed by atoms with Crippen molar-refractivity contribution in [1.29, 1.82) is 0 Å². The average Bonchev–Trinajstić information content (AvgIpc) is 2.61. The van der Waals surface area contributed by atoms with E-state index in [1.54, 1.807) is 0 Å². The van der Waals surface area contributed by atoms with E-state index in [1.807, 2.05) is 6.92 Å². The van der Waals surface area contributed by atoms with E-state index in [2.05, 4.69) is 24.5 Å². The second-order valence-corrected chi connectivity index (χ2v) is 6.83. The Morgan fingerprint density at radius 2 is 1.88 bits per heavy atom. The van der Waals surface area contributed by atoms with Crippen molar-refractivity contribution in [1.82, 2.24) is 10.6 Å². The predicted octanol–water partition coefficient (Wildman–Crippen LogP) is 3.08. The molecule has 0 bridgehead atoms. The largest absolute Gasteiger partial charge is 0.466 e. The van der Waals surface area contributed by atoms with Gasteiger partial charge in [0.1, 0.15) is 0 Å². The molecule has 1 saturated carbocycles. The van der Waals surface area contributed by atoms with Crippen molar-refractivity contribution in [2.75, 3.05) is 26.3 Å². The zero-order valence-electron chi connectivity index (χ0n) is 16.6. The first kappa shape index (κ1) is 25.4. The van der Waals surface area contributed by atoms with Crippen LogP contribution in [0.2, 0.25) is 0 Å². The quantitative estimate of drug-likeness (QED) is 0.193. The van der Waals surface area contributed by atoms with E-state index >= 15 is 0 Å². The van der Waals surface area contributed by atoms with Gasteiger partial charge in [-0.15, -0.1) is 24.0 Å². The van der Waals surface area contributed by atoms with E-state index in [-0.39, 0.29) is 42.5 Å². The number of carbonyl (C=O) groups excluding carboxylic acids is 1. The summed E-state index contributed by atoms with van der Waals surface area (Å²) in [5.74, 6) is 1.29. The molecule has 154 valence electrons. The maximum atomic E-state index is 11.8. The van der Waals surface area contributed by atoms with Crippen LogP contribution in [0.25, 0.3) is 0 Å². The second kappa shape index (κ2) is 15.5. The third-order valence-electron chi connectivity index (χ3n) is 4.77. The summed E-state index contributed by atoms with van der Waals surface area (Å²) in [5, 5.41) is 16.0. The maximum Gasteiger partial charge on any atom is 0.308 e. The Bertz CT molecular complexity index is 393. The van der Waals surface area contributed by atoms with Crippen LogP contribution in [0.1, 0.15) is 65.7 Å². The van der Waals surface area contributed by atoms with Crippen molar-refractivity contribution in [2.45, 2.75) is 71.8 Å². The highest BCUT2D eigenvalue weighted by molar-refractivity contribution is 14.0. The highest BCUT2D eigenvalue weighted by atomic mass is 127. The number of nitrogens with zero attached hydrogens (tertiary/aromatic N) is 1. The summed E-state index contributed by atoms with van der Waals surface area (Å²) < 4.78 is 5.13. The van der Waals surface area contributed by atoms with Crippen LogP contribution in [0.5, 0.6) is 0 Å². The smallest absolute Gasteiger partial charge is 0.308 e. The SMILES string of the molecule is CCCC(CCO)CN=C(NCC)NC1CCC(C(=O)OCC)CC1.I. The molecular weight excluding hydrogens is 445 g/mol. The van der Waals surface area contributed by atoms with Gasteiger partial charge >= 0.3 is 5.97 Å². The Balaban J connectivity index is 0.00000625. The molecule has 26 heavy (non-hydrogen) atoms. The number of nitrogens with one attached hydrogen (secondary N) is 2. The van der Waals surface area contributed by atoms with E-state index in [1.165, 1.54) is 0 Å². The van der Waals surface area contributed by atoms with Gasteiger partial charge in [-0.1, -0.05) is 13.3 Å². The molecule has 0 radical (unpaired) electrons. The first-order valence-corrected chi connectivity index (χ1v) is 9.96. The van der Waals surface area contributed by atoms with E-state index in [0.717, 1.165) is 64.0 Å². The van der Waals surface area contributed by atoms with Crippen LogP contribution in [0.4, 0.5) is 0 Å². The van der Waals surface area contributed by atoms with Crippen LogP contribution in [-0.4, -0.2) is 49.4 Å².